The Kier molecular flexibility index (Phi) is 1.12. The molecule has 0 aliphatic heterocycles. The molecule has 6 nitrogen and oxygen atoms in total. The maximum Gasteiger partial charge on any atom is 0.262 e. The summed E-state index contributed by atoms with van der Waals surface area (Å²) in [5, 5.41) is 9.76. The first-order chi connectivity index (χ1) is 5.36. The number of hydrogen-bond acceptors (Lipinski definition) is 5. The van der Waals surface area contributed by atoms with Gasteiger partial charge in [0, 0.05) is 6.20 Å². The number of nitrogens with two attached hydrogens (primary N) is 1. The number of nitrogen functional groups attached to an aromatic ring is 1. The molecule has 0 saturated heterocycles. The van der Waals surface area contributed by atoms with Crippen LogP contribution in [0.15, 0.2) is 16.9 Å². The van der Waals surface area contributed by atoms with Crippen molar-refractivity contribution < 1.29 is 4.52 Å². The van der Waals surface area contributed by atoms with Crippen molar-refractivity contribution in [3.05, 3.63) is 12.4 Å². The summed E-state index contributed by atoms with van der Waals surface area (Å²) in [6, 6.07) is 0. The van der Waals surface area contributed by atoms with Crippen LogP contribution in [-0.2, 0) is 0 Å². The lowest BCUT2D eigenvalue weighted by Crippen LogP contribution is -1.84. The number of nitrogens with zero attached hydrogens (tertiary/aromatic N) is 3. The summed E-state index contributed by atoms with van der Waals surface area (Å²) in [6.07, 6.45) is 3.22. The Balaban J connectivity index is 2.45. The van der Waals surface area contributed by atoms with E-state index in [0.29, 0.717) is 5.89 Å². The molecule has 0 radical (unpaired) electrons. The van der Waals surface area contributed by atoms with Crippen molar-refractivity contribution in [2.45, 2.75) is 0 Å². The van der Waals surface area contributed by atoms with E-state index in [2.05, 4.69) is 20.3 Å². The molecule has 0 saturated carbocycles. The van der Waals surface area contributed by atoms with Crippen molar-refractivity contribution in [2.24, 2.45) is 0 Å². The highest BCUT2D eigenvalue weighted by molar-refractivity contribution is 5.50. The molecule has 0 unspecified atom stereocenters. The molecule has 6 heteroatoms. The Hall–Kier alpha value is -1.85. The van der Waals surface area contributed by atoms with Gasteiger partial charge in [0.25, 0.3) is 11.8 Å². The number of anilines is 1. The molecular formula is C5H5N5O. The van der Waals surface area contributed by atoms with Crippen LogP contribution in [0.3, 0.4) is 0 Å². The molecule has 0 amide bonds. The van der Waals surface area contributed by atoms with Crippen LogP contribution in [0.5, 0.6) is 0 Å². The Bertz CT molecular complexity index is 337. The minimum absolute atomic E-state index is 0.126. The van der Waals surface area contributed by atoms with Crippen molar-refractivity contribution >= 4 is 5.95 Å². The van der Waals surface area contributed by atoms with E-state index in [-0.39, 0.29) is 5.95 Å². The Morgan fingerprint density at radius 2 is 2.45 bits per heavy atom. The van der Waals surface area contributed by atoms with E-state index < -0.39 is 0 Å². The lowest BCUT2D eigenvalue weighted by Gasteiger charge is -1.79. The average molecular weight is 151 g/mol. The standard InChI is InChI=1S/C5H5N5O/c6-5-9-4(11-10-5)3-1-7-8-2-3/h1-2H,(H2,6,10)(H,7,8). The van der Waals surface area contributed by atoms with Gasteiger partial charge in [-0.15, -0.1) is 0 Å². The average Bonchev–Trinajstić information content (AvgIpc) is 2.55. The topological polar surface area (TPSA) is 93.6 Å². The van der Waals surface area contributed by atoms with Gasteiger partial charge in [0.05, 0.1) is 11.8 Å². The molecule has 2 aromatic rings. The number of H-pyrrole nitrogens is 1. The molecule has 0 bridgehead atoms. The van der Waals surface area contributed by atoms with Gasteiger partial charge in [0.15, 0.2) is 0 Å². The molecule has 3 N–H and O–H groups in total. The third-order valence-electron chi connectivity index (χ3n) is 1.19. The van der Waals surface area contributed by atoms with Crippen LogP contribution in [0.2, 0.25) is 0 Å². The van der Waals surface area contributed by atoms with Gasteiger partial charge in [-0.3, -0.25) is 5.10 Å². The van der Waals surface area contributed by atoms with Gasteiger partial charge in [-0.1, -0.05) is 0 Å². The summed E-state index contributed by atoms with van der Waals surface area (Å²) in [6.45, 7) is 0. The maximum absolute atomic E-state index is 5.24. The summed E-state index contributed by atoms with van der Waals surface area (Å²) in [5.41, 5.74) is 5.97. The molecule has 2 aromatic heterocycles. The quantitative estimate of drug-likeness (QED) is 0.600. The number of nitrogens with one attached hydrogen (secondary N) is 1. The molecule has 0 aliphatic carbocycles. The molecule has 11 heavy (non-hydrogen) atoms. The zero-order valence-corrected chi connectivity index (χ0v) is 5.48. The first-order valence-corrected chi connectivity index (χ1v) is 2.94. The van der Waals surface area contributed by atoms with Crippen molar-refractivity contribution in [2.75, 3.05) is 5.73 Å². The molecule has 2 heterocycles. The largest absolute Gasteiger partial charge is 0.365 e. The number of aromatic nitrogens is 4. The highest BCUT2D eigenvalue weighted by Gasteiger charge is 2.05. The van der Waals surface area contributed by atoms with Crippen LogP contribution in [-0.4, -0.2) is 20.3 Å². The second-order valence-corrected chi connectivity index (χ2v) is 1.94. The second kappa shape index (κ2) is 2.08. The van der Waals surface area contributed by atoms with E-state index in [4.69, 9.17) is 10.3 Å². The van der Waals surface area contributed by atoms with E-state index in [1.807, 2.05) is 0 Å². The molecule has 0 atom stereocenters. The van der Waals surface area contributed by atoms with Gasteiger partial charge < -0.3 is 10.3 Å². The van der Waals surface area contributed by atoms with Crippen LogP contribution in [0.1, 0.15) is 0 Å². The normalized spacial score (nSPS) is 10.2. The van der Waals surface area contributed by atoms with Gasteiger partial charge in [-0.25, -0.2) is 0 Å². The van der Waals surface area contributed by atoms with Crippen molar-refractivity contribution in [3.63, 3.8) is 0 Å². The molecule has 0 aromatic carbocycles. The predicted molar refractivity (Wildman–Crippen MR) is 36.3 cm³/mol. The van der Waals surface area contributed by atoms with E-state index in [1.165, 1.54) is 0 Å². The smallest absolute Gasteiger partial charge is 0.262 e. The van der Waals surface area contributed by atoms with Crippen molar-refractivity contribution in [1.29, 1.82) is 0 Å². The minimum atomic E-state index is 0.126. The van der Waals surface area contributed by atoms with E-state index >= 15 is 0 Å². The Morgan fingerprint density at radius 1 is 1.55 bits per heavy atom. The van der Waals surface area contributed by atoms with Crippen LogP contribution >= 0.6 is 0 Å². The monoisotopic (exact) mass is 151 g/mol. The van der Waals surface area contributed by atoms with Gasteiger partial charge in [-0.2, -0.15) is 10.1 Å². The molecule has 0 aliphatic rings. The minimum Gasteiger partial charge on any atom is -0.365 e. The fourth-order valence-corrected chi connectivity index (χ4v) is 0.720. The zero-order valence-electron chi connectivity index (χ0n) is 5.48. The van der Waals surface area contributed by atoms with E-state index in [0.717, 1.165) is 5.56 Å². The Labute approximate surface area is 61.4 Å². The third-order valence-corrected chi connectivity index (χ3v) is 1.19. The summed E-state index contributed by atoms with van der Waals surface area (Å²) >= 11 is 0. The zero-order chi connectivity index (χ0) is 7.68. The van der Waals surface area contributed by atoms with Gasteiger partial charge in [0.1, 0.15) is 0 Å². The van der Waals surface area contributed by atoms with Crippen LogP contribution in [0.25, 0.3) is 11.5 Å². The highest BCUT2D eigenvalue weighted by atomic mass is 16.5. The van der Waals surface area contributed by atoms with Crippen molar-refractivity contribution in [1.82, 2.24) is 20.3 Å². The molecule has 2 rings (SSSR count). The summed E-state index contributed by atoms with van der Waals surface area (Å²) in [5.74, 6) is 0.498. The predicted octanol–water partition coefficient (Wildman–Crippen LogP) is 0.0419. The lowest BCUT2D eigenvalue weighted by atomic mass is 10.4. The van der Waals surface area contributed by atoms with Crippen LogP contribution < -0.4 is 5.73 Å². The number of hydrogen-bond donors (Lipinski definition) is 2. The first-order valence-electron chi connectivity index (χ1n) is 2.94. The SMILES string of the molecule is Nc1noc(-c2cn[nH]c2)n1. The molecule has 0 spiro atoms. The summed E-state index contributed by atoms with van der Waals surface area (Å²) in [7, 11) is 0. The van der Waals surface area contributed by atoms with E-state index in [1.54, 1.807) is 12.4 Å². The molecule has 0 fully saturated rings. The maximum atomic E-state index is 5.24. The van der Waals surface area contributed by atoms with E-state index in [9.17, 15) is 0 Å². The van der Waals surface area contributed by atoms with Gasteiger partial charge >= 0.3 is 0 Å². The molecule has 56 valence electrons. The summed E-state index contributed by atoms with van der Waals surface area (Å²) < 4.78 is 4.76. The van der Waals surface area contributed by atoms with Gasteiger partial charge in [-0.05, 0) is 5.16 Å². The van der Waals surface area contributed by atoms with Crippen molar-refractivity contribution in [3.8, 4) is 11.5 Å². The fourth-order valence-electron chi connectivity index (χ4n) is 0.720. The fraction of sp³-hybridized carbons (Fsp3) is 0. The highest BCUT2D eigenvalue weighted by Crippen LogP contribution is 2.14. The lowest BCUT2D eigenvalue weighted by molar-refractivity contribution is 0.433. The van der Waals surface area contributed by atoms with Crippen LogP contribution in [0, 0.1) is 0 Å². The molecular weight excluding hydrogens is 146 g/mol. The Morgan fingerprint density at radius 3 is 3.00 bits per heavy atom. The summed E-state index contributed by atoms with van der Waals surface area (Å²) in [4.78, 5) is 3.79. The first kappa shape index (κ1) is 5.90. The van der Waals surface area contributed by atoms with Gasteiger partial charge in [0.2, 0.25) is 0 Å². The number of rotatable bonds is 1. The third kappa shape index (κ3) is 0.936. The number of aromatic amines is 1. The van der Waals surface area contributed by atoms with Crippen LogP contribution in [0.4, 0.5) is 5.95 Å². The second-order valence-electron chi connectivity index (χ2n) is 1.94.